The molecule has 32 heavy (non-hydrogen) atoms. The smallest absolute Gasteiger partial charge is 0.425 e. The molecule has 0 saturated heterocycles. The number of aromatic nitrogens is 4. The Morgan fingerprint density at radius 1 is 1.16 bits per heavy atom. The molecule has 1 N–H and O–H groups in total. The molecule has 0 fully saturated rings. The van der Waals surface area contributed by atoms with Gasteiger partial charge in [0.25, 0.3) is 5.56 Å². The predicted octanol–water partition coefficient (Wildman–Crippen LogP) is 2.63. The van der Waals surface area contributed by atoms with Crippen LogP contribution >= 0.6 is 0 Å². The number of aryl methyl sites for hydroxylation is 1. The van der Waals surface area contributed by atoms with Crippen LogP contribution in [0.3, 0.4) is 0 Å². The molecular weight excluding hydrogens is 433 g/mol. The summed E-state index contributed by atoms with van der Waals surface area (Å²) < 4.78 is 50.9. The minimum atomic E-state index is -4.86. The molecule has 0 saturated carbocycles. The molecular formula is C20H23F3N4O5. The van der Waals surface area contributed by atoms with Crippen molar-refractivity contribution in [2.75, 3.05) is 6.61 Å². The zero-order valence-corrected chi connectivity index (χ0v) is 17.7. The van der Waals surface area contributed by atoms with Crippen molar-refractivity contribution in [3.05, 3.63) is 45.1 Å². The van der Waals surface area contributed by atoms with E-state index in [0.717, 1.165) is 16.7 Å². The molecule has 0 radical (unpaired) electrons. The van der Waals surface area contributed by atoms with E-state index in [-0.39, 0.29) is 48.4 Å². The van der Waals surface area contributed by atoms with Crippen LogP contribution in [-0.2, 0) is 20.1 Å². The molecule has 0 aliphatic carbocycles. The number of ether oxygens (including phenoxy) is 2. The molecule has 0 spiro atoms. The van der Waals surface area contributed by atoms with Crippen molar-refractivity contribution in [2.45, 2.75) is 39.7 Å². The molecule has 1 aromatic carbocycles. The second-order valence-electron chi connectivity index (χ2n) is 7.57. The number of aliphatic hydroxyl groups excluding tert-OH is 1. The quantitative estimate of drug-likeness (QED) is 0.559. The van der Waals surface area contributed by atoms with Crippen LogP contribution in [0.15, 0.2) is 33.9 Å². The average molecular weight is 456 g/mol. The lowest BCUT2D eigenvalue weighted by atomic mass is 10.2. The normalized spacial score (nSPS) is 12.0. The first-order valence-corrected chi connectivity index (χ1v) is 9.86. The van der Waals surface area contributed by atoms with E-state index in [0.29, 0.717) is 6.54 Å². The fraction of sp³-hybridized carbons (Fsp3) is 0.450. The van der Waals surface area contributed by atoms with Gasteiger partial charge in [0.15, 0.2) is 11.2 Å². The van der Waals surface area contributed by atoms with Gasteiger partial charge in [-0.3, -0.25) is 18.5 Å². The highest BCUT2D eigenvalue weighted by Gasteiger charge is 2.31. The maximum Gasteiger partial charge on any atom is 0.573 e. The fourth-order valence-electron chi connectivity index (χ4n) is 3.23. The van der Waals surface area contributed by atoms with Crippen molar-refractivity contribution >= 4 is 11.2 Å². The molecule has 9 nitrogen and oxygen atoms in total. The van der Waals surface area contributed by atoms with Gasteiger partial charge in [-0.05, 0) is 24.5 Å². The van der Waals surface area contributed by atoms with Crippen molar-refractivity contribution in [3.63, 3.8) is 0 Å². The first kappa shape index (κ1) is 23.4. The summed E-state index contributed by atoms with van der Waals surface area (Å²) >= 11 is 0. The van der Waals surface area contributed by atoms with Gasteiger partial charge >= 0.3 is 18.1 Å². The van der Waals surface area contributed by atoms with Crippen LogP contribution in [0, 0.1) is 5.92 Å². The number of nitrogens with zero attached hydrogens (tertiary/aromatic N) is 4. The standard InChI is InChI=1S/C20H23F3N4O5/c1-12(2)11-27-15-16(25(3)19(30)26(17(15)29)8-5-9-28)24-18(27)31-13-6-4-7-14(10-13)32-20(21,22)23/h4,6-7,10,12,28H,5,8-9,11H2,1-3H3. The fourth-order valence-corrected chi connectivity index (χ4v) is 3.23. The van der Waals surface area contributed by atoms with E-state index in [1.807, 2.05) is 13.8 Å². The summed E-state index contributed by atoms with van der Waals surface area (Å²) in [4.78, 5) is 30.0. The van der Waals surface area contributed by atoms with E-state index in [4.69, 9.17) is 9.84 Å². The van der Waals surface area contributed by atoms with Gasteiger partial charge in [-0.2, -0.15) is 4.98 Å². The molecule has 12 heteroatoms. The minimum Gasteiger partial charge on any atom is -0.425 e. The van der Waals surface area contributed by atoms with Crippen LogP contribution in [0.25, 0.3) is 11.2 Å². The van der Waals surface area contributed by atoms with E-state index < -0.39 is 23.4 Å². The van der Waals surface area contributed by atoms with Gasteiger partial charge in [-0.1, -0.05) is 19.9 Å². The number of alkyl halides is 3. The summed E-state index contributed by atoms with van der Waals surface area (Å²) in [5.41, 5.74) is -0.985. The Morgan fingerprint density at radius 2 is 1.84 bits per heavy atom. The van der Waals surface area contributed by atoms with Crippen molar-refractivity contribution in [1.82, 2.24) is 18.7 Å². The number of halogens is 3. The molecule has 0 aliphatic heterocycles. The van der Waals surface area contributed by atoms with Gasteiger partial charge in [0.05, 0.1) is 0 Å². The van der Waals surface area contributed by atoms with Crippen molar-refractivity contribution < 1.29 is 27.8 Å². The summed E-state index contributed by atoms with van der Waals surface area (Å²) in [6.07, 6.45) is -4.64. The van der Waals surface area contributed by atoms with Gasteiger partial charge < -0.3 is 14.6 Å². The molecule has 0 unspecified atom stereocenters. The zero-order chi connectivity index (χ0) is 23.6. The molecule has 0 aliphatic rings. The molecule has 174 valence electrons. The predicted molar refractivity (Wildman–Crippen MR) is 109 cm³/mol. The Balaban J connectivity index is 2.14. The largest absolute Gasteiger partial charge is 0.573 e. The third-order valence-corrected chi connectivity index (χ3v) is 4.53. The number of rotatable bonds is 8. The maximum absolute atomic E-state index is 13.1. The summed E-state index contributed by atoms with van der Waals surface area (Å²) in [6, 6.07) is 4.86. The molecule has 2 aromatic heterocycles. The van der Waals surface area contributed by atoms with E-state index in [1.165, 1.54) is 28.3 Å². The lowest BCUT2D eigenvalue weighted by molar-refractivity contribution is -0.274. The van der Waals surface area contributed by atoms with Crippen LogP contribution in [0.1, 0.15) is 20.3 Å². The van der Waals surface area contributed by atoms with Crippen LogP contribution in [0.5, 0.6) is 17.5 Å². The maximum atomic E-state index is 13.1. The Morgan fingerprint density at radius 3 is 2.47 bits per heavy atom. The minimum absolute atomic E-state index is 0.0117. The molecule has 0 bridgehead atoms. The van der Waals surface area contributed by atoms with Crippen molar-refractivity contribution in [1.29, 1.82) is 0 Å². The second-order valence-corrected chi connectivity index (χ2v) is 7.57. The lowest BCUT2D eigenvalue weighted by Gasteiger charge is -2.13. The monoisotopic (exact) mass is 456 g/mol. The van der Waals surface area contributed by atoms with Crippen molar-refractivity contribution in [3.8, 4) is 17.5 Å². The summed E-state index contributed by atoms with van der Waals surface area (Å²) in [7, 11) is 1.45. The number of hydrogen-bond acceptors (Lipinski definition) is 6. The van der Waals surface area contributed by atoms with Gasteiger partial charge in [0.1, 0.15) is 11.5 Å². The Kier molecular flexibility index (Phi) is 6.63. The molecule has 2 heterocycles. The van der Waals surface area contributed by atoms with E-state index >= 15 is 0 Å². The Hall–Kier alpha value is -3.28. The van der Waals surface area contributed by atoms with Crippen LogP contribution in [0.4, 0.5) is 13.2 Å². The first-order chi connectivity index (χ1) is 15.0. The van der Waals surface area contributed by atoms with Gasteiger partial charge in [0, 0.05) is 32.8 Å². The lowest BCUT2D eigenvalue weighted by Crippen LogP contribution is -2.40. The van der Waals surface area contributed by atoms with Gasteiger partial charge in [-0.15, -0.1) is 13.2 Å². The molecule has 3 aromatic rings. The molecule has 0 atom stereocenters. The summed E-state index contributed by atoms with van der Waals surface area (Å²) in [5.74, 6) is -0.407. The summed E-state index contributed by atoms with van der Waals surface area (Å²) in [5, 5.41) is 9.08. The number of benzene rings is 1. The molecule has 3 rings (SSSR count). The van der Waals surface area contributed by atoms with E-state index in [2.05, 4.69) is 9.72 Å². The third-order valence-electron chi connectivity index (χ3n) is 4.53. The Labute approximate surface area is 180 Å². The summed E-state index contributed by atoms with van der Waals surface area (Å²) in [6.45, 7) is 3.94. The third kappa shape index (κ3) is 4.96. The highest BCUT2D eigenvalue weighted by atomic mass is 19.4. The zero-order valence-electron chi connectivity index (χ0n) is 17.7. The van der Waals surface area contributed by atoms with Crippen LogP contribution < -0.4 is 20.7 Å². The Bertz CT molecular complexity index is 1230. The first-order valence-electron chi connectivity index (χ1n) is 9.86. The number of fused-ring (bicyclic) bond motifs is 1. The van der Waals surface area contributed by atoms with Gasteiger partial charge in [0.2, 0.25) is 0 Å². The number of aliphatic hydroxyl groups is 1. The second kappa shape index (κ2) is 9.07. The molecule has 0 amide bonds. The van der Waals surface area contributed by atoms with Crippen molar-refractivity contribution in [2.24, 2.45) is 13.0 Å². The topological polar surface area (TPSA) is 101 Å². The van der Waals surface area contributed by atoms with E-state index in [1.54, 1.807) is 0 Å². The number of hydrogen-bond donors (Lipinski definition) is 1. The average Bonchev–Trinajstić information content (AvgIpc) is 3.03. The van der Waals surface area contributed by atoms with Gasteiger partial charge in [-0.25, -0.2) is 4.79 Å². The highest BCUT2D eigenvalue weighted by Crippen LogP contribution is 2.30. The SMILES string of the molecule is CC(C)Cn1c(Oc2cccc(OC(F)(F)F)c2)nc2c1c(=O)n(CCCO)c(=O)n2C. The van der Waals surface area contributed by atoms with Crippen LogP contribution in [-0.4, -0.2) is 36.8 Å². The number of imidazole rings is 1. The van der Waals surface area contributed by atoms with Crippen LogP contribution in [0.2, 0.25) is 0 Å². The highest BCUT2D eigenvalue weighted by molar-refractivity contribution is 5.72. The van der Waals surface area contributed by atoms with E-state index in [9.17, 15) is 22.8 Å².